The van der Waals surface area contributed by atoms with E-state index in [4.69, 9.17) is 0 Å². The first-order valence-electron chi connectivity index (χ1n) is 5.56. The van der Waals surface area contributed by atoms with Gasteiger partial charge in [-0.15, -0.1) is 0 Å². The van der Waals surface area contributed by atoms with Gasteiger partial charge in [-0.05, 0) is 0 Å². The number of alkyl halides is 16. The highest BCUT2D eigenvalue weighted by Crippen LogP contribution is 2.43. The Bertz CT molecular complexity index is 561. The summed E-state index contributed by atoms with van der Waals surface area (Å²) in [7, 11) is 0. The maximum atomic E-state index is 11.8. The largest absolute Gasteiger partial charge is 0.460 e. The van der Waals surface area contributed by atoms with Gasteiger partial charge in [0.2, 0.25) is 5.83 Å². The lowest BCUT2D eigenvalue weighted by molar-refractivity contribution is -0.271. The van der Waals surface area contributed by atoms with Gasteiger partial charge in [0.05, 0.1) is 6.08 Å². The van der Waals surface area contributed by atoms with Crippen molar-refractivity contribution in [2.75, 3.05) is 0 Å². The summed E-state index contributed by atoms with van der Waals surface area (Å²) in [6, 6.07) is 0. The second kappa shape index (κ2) is 8.30. The number of hydrogen-bond donors (Lipinski definition) is 0. The average molecular weight is 464 g/mol. The van der Waals surface area contributed by atoms with Crippen LogP contribution in [0.2, 0.25) is 0 Å². The lowest BCUT2D eigenvalue weighted by Crippen LogP contribution is -2.37. The van der Waals surface area contributed by atoms with Crippen LogP contribution in [0.15, 0.2) is 23.8 Å². The lowest BCUT2D eigenvalue weighted by Gasteiger charge is -2.17. The molecule has 0 bridgehead atoms. The van der Waals surface area contributed by atoms with Gasteiger partial charge in [-0.3, -0.25) is 0 Å². The van der Waals surface area contributed by atoms with E-state index >= 15 is 0 Å². The summed E-state index contributed by atoms with van der Waals surface area (Å²) in [5.74, 6) is -19.0. The predicted molar refractivity (Wildman–Crippen MR) is 52.5 cm³/mol. The molecule has 0 rings (SSSR count). The summed E-state index contributed by atoms with van der Waals surface area (Å²) in [6.07, 6.45) is -27.6. The summed E-state index contributed by atoms with van der Waals surface area (Å²) in [5, 5.41) is 0. The van der Waals surface area contributed by atoms with Crippen molar-refractivity contribution in [1.29, 1.82) is 0 Å². The van der Waals surface area contributed by atoms with Crippen LogP contribution >= 0.6 is 0 Å². The first-order valence-corrected chi connectivity index (χ1v) is 5.56. The van der Waals surface area contributed by atoms with Crippen molar-refractivity contribution in [3.8, 4) is 0 Å². The average Bonchev–Trinajstić information content (AvgIpc) is 2.32. The van der Waals surface area contributed by atoms with Crippen LogP contribution < -0.4 is 0 Å². The van der Waals surface area contributed by atoms with Crippen LogP contribution in [0, 0.1) is 0 Å². The molecule has 0 radical (unpaired) electrons. The number of rotatable bonds is 2. The van der Waals surface area contributed by atoms with Crippen molar-refractivity contribution in [3.05, 3.63) is 23.8 Å². The molecule has 0 aliphatic heterocycles. The second-order valence-electron chi connectivity index (χ2n) is 4.22. The Morgan fingerprint density at radius 2 is 0.821 bits per heavy atom. The molecule has 0 amide bonds. The molecular formula is C10H2F18. The third kappa shape index (κ3) is 8.94. The summed E-state index contributed by atoms with van der Waals surface area (Å²) in [5.41, 5.74) is 0. The zero-order valence-electron chi connectivity index (χ0n) is 12.0. The molecular weight excluding hydrogens is 462 g/mol. The summed E-state index contributed by atoms with van der Waals surface area (Å²) < 4.78 is 205. The molecule has 0 aromatic rings. The Hall–Kier alpha value is -1.78. The molecule has 18 heteroatoms. The van der Waals surface area contributed by atoms with Crippen LogP contribution in [0.4, 0.5) is 79.0 Å². The van der Waals surface area contributed by atoms with Crippen molar-refractivity contribution in [3.63, 3.8) is 0 Å². The van der Waals surface area contributed by atoms with Gasteiger partial charge in [-0.1, -0.05) is 0 Å². The van der Waals surface area contributed by atoms with Gasteiger partial charge in [0.15, 0.2) is 5.83 Å². The van der Waals surface area contributed by atoms with E-state index in [2.05, 4.69) is 0 Å². The van der Waals surface area contributed by atoms with Crippen molar-refractivity contribution in [2.45, 2.75) is 36.6 Å². The zero-order valence-corrected chi connectivity index (χ0v) is 12.0. The van der Waals surface area contributed by atoms with Gasteiger partial charge >= 0.3 is 36.6 Å². The van der Waals surface area contributed by atoms with Crippen LogP contribution in [-0.2, 0) is 0 Å². The summed E-state index contributed by atoms with van der Waals surface area (Å²) in [4.78, 5) is 0. The molecule has 0 spiro atoms. The van der Waals surface area contributed by atoms with E-state index in [1.165, 1.54) is 0 Å². The van der Waals surface area contributed by atoms with E-state index < -0.39 is 60.4 Å². The highest BCUT2D eigenvalue weighted by molar-refractivity contribution is 5.10. The lowest BCUT2D eigenvalue weighted by atomic mass is 10.2. The third-order valence-electron chi connectivity index (χ3n) is 1.90. The minimum atomic E-state index is -6.39. The van der Waals surface area contributed by atoms with Crippen molar-refractivity contribution in [1.82, 2.24) is 0 Å². The quantitative estimate of drug-likeness (QED) is 0.380. The van der Waals surface area contributed by atoms with Gasteiger partial charge in [0, 0.05) is 6.08 Å². The predicted octanol–water partition coefficient (Wildman–Crippen LogP) is 7.20. The van der Waals surface area contributed by atoms with Crippen LogP contribution in [0.3, 0.4) is 0 Å². The Labute approximate surface area is 141 Å². The van der Waals surface area contributed by atoms with Crippen LogP contribution in [0.25, 0.3) is 0 Å². The van der Waals surface area contributed by atoms with Crippen LogP contribution in [0.1, 0.15) is 0 Å². The fourth-order valence-corrected chi connectivity index (χ4v) is 0.693. The van der Waals surface area contributed by atoms with E-state index in [1.807, 2.05) is 0 Å². The molecule has 0 aromatic heterocycles. The minimum absolute atomic E-state index is 1.74. The van der Waals surface area contributed by atoms with Crippen molar-refractivity contribution >= 4 is 0 Å². The molecule has 168 valence electrons. The highest BCUT2D eigenvalue weighted by atomic mass is 19.4. The van der Waals surface area contributed by atoms with Gasteiger partial charge < -0.3 is 0 Å². The number of allylic oxidation sites excluding steroid dienone is 4. The standard InChI is InChI=1S/2C5HF9/c6-2(1-3(7,8)9)4(10,11)5(12,13)14;6-2(4(9,10)11)1-3(7,8)5(12,13)14/h2*1H. The Morgan fingerprint density at radius 3 is 1.04 bits per heavy atom. The molecule has 0 nitrogen and oxygen atoms in total. The van der Waals surface area contributed by atoms with E-state index in [9.17, 15) is 79.0 Å². The maximum absolute atomic E-state index is 11.8. The monoisotopic (exact) mass is 464 g/mol. The fraction of sp³-hybridized carbons (Fsp3) is 0.600. The Morgan fingerprint density at radius 1 is 0.464 bits per heavy atom. The molecule has 0 saturated heterocycles. The molecule has 0 fully saturated rings. The smallest absolute Gasteiger partial charge is 0.205 e. The Kier molecular flexibility index (Phi) is 8.43. The van der Waals surface area contributed by atoms with Gasteiger partial charge in [-0.25, -0.2) is 8.78 Å². The topological polar surface area (TPSA) is 0 Å². The zero-order chi connectivity index (χ0) is 23.6. The molecule has 0 unspecified atom stereocenters. The molecule has 0 aromatic carbocycles. The molecule has 0 aliphatic rings. The molecule has 0 atom stereocenters. The van der Waals surface area contributed by atoms with Gasteiger partial charge in [0.25, 0.3) is 0 Å². The van der Waals surface area contributed by atoms with E-state index in [-0.39, 0.29) is 0 Å². The third-order valence-corrected chi connectivity index (χ3v) is 1.90. The summed E-state index contributed by atoms with van der Waals surface area (Å²) >= 11 is 0. The fourth-order valence-electron chi connectivity index (χ4n) is 0.693. The van der Waals surface area contributed by atoms with Crippen LogP contribution in [0.5, 0.6) is 0 Å². The van der Waals surface area contributed by atoms with Crippen molar-refractivity contribution < 1.29 is 79.0 Å². The van der Waals surface area contributed by atoms with Crippen molar-refractivity contribution in [2.24, 2.45) is 0 Å². The number of hydrogen-bond acceptors (Lipinski definition) is 0. The SMILES string of the molecule is FC(=CC(F)(F)C(F)(F)F)C(F)(F)F.FC(=CC(F)(F)F)C(F)(F)C(F)(F)F. The second-order valence-corrected chi connectivity index (χ2v) is 4.22. The first-order chi connectivity index (χ1) is 11.8. The summed E-state index contributed by atoms with van der Waals surface area (Å²) in [6.45, 7) is 0. The Balaban J connectivity index is 0. The maximum Gasteiger partial charge on any atom is 0.460 e. The van der Waals surface area contributed by atoms with E-state index in [0.29, 0.717) is 0 Å². The van der Waals surface area contributed by atoms with E-state index in [0.717, 1.165) is 0 Å². The highest BCUT2D eigenvalue weighted by Gasteiger charge is 2.62. The van der Waals surface area contributed by atoms with Gasteiger partial charge in [0.1, 0.15) is 0 Å². The van der Waals surface area contributed by atoms with Gasteiger partial charge in [-0.2, -0.15) is 70.2 Å². The van der Waals surface area contributed by atoms with E-state index in [1.54, 1.807) is 0 Å². The normalized spacial score (nSPS) is 15.9. The minimum Gasteiger partial charge on any atom is -0.205 e. The first kappa shape index (κ1) is 28.4. The number of halogens is 18. The molecule has 0 aliphatic carbocycles. The molecule has 0 saturated carbocycles. The molecule has 0 heterocycles. The molecule has 0 N–H and O–H groups in total. The molecule has 28 heavy (non-hydrogen) atoms. The van der Waals surface area contributed by atoms with Crippen LogP contribution in [-0.4, -0.2) is 36.6 Å².